The number of carbonyl (C=O) groups is 1. The van der Waals surface area contributed by atoms with E-state index in [1.165, 1.54) is 0 Å². The van der Waals surface area contributed by atoms with Crippen molar-refractivity contribution in [2.75, 3.05) is 26.7 Å². The van der Waals surface area contributed by atoms with Crippen molar-refractivity contribution >= 4 is 5.78 Å². The summed E-state index contributed by atoms with van der Waals surface area (Å²) in [6, 6.07) is 7.41. The minimum atomic E-state index is -0.174. The van der Waals surface area contributed by atoms with Gasteiger partial charge in [0.25, 0.3) is 0 Å². The number of ketones is 1. The number of methoxy groups -OCH3 is 1. The molecule has 116 valence electrons. The third-order valence-corrected chi connectivity index (χ3v) is 3.96. The van der Waals surface area contributed by atoms with Crippen LogP contribution in [-0.4, -0.2) is 43.0 Å². The van der Waals surface area contributed by atoms with Crippen LogP contribution in [0.1, 0.15) is 37.0 Å². The van der Waals surface area contributed by atoms with Crippen LogP contribution in [0.15, 0.2) is 24.3 Å². The number of hydrogen-bond donors (Lipinski definition) is 1. The third-order valence-electron chi connectivity index (χ3n) is 3.96. The molecule has 21 heavy (non-hydrogen) atoms. The Morgan fingerprint density at radius 2 is 1.86 bits per heavy atom. The van der Waals surface area contributed by atoms with Crippen LogP contribution in [0.25, 0.3) is 0 Å². The van der Waals surface area contributed by atoms with Gasteiger partial charge in [0, 0.05) is 23.6 Å². The van der Waals surface area contributed by atoms with Gasteiger partial charge in [-0.1, -0.05) is 0 Å². The van der Waals surface area contributed by atoms with Crippen molar-refractivity contribution in [1.82, 2.24) is 4.90 Å². The third kappa shape index (κ3) is 4.55. The van der Waals surface area contributed by atoms with E-state index in [0.717, 1.165) is 43.8 Å². The molecule has 1 saturated heterocycles. The zero-order valence-corrected chi connectivity index (χ0v) is 13.3. The number of hydrogen-bond acceptors (Lipinski definition) is 4. The lowest BCUT2D eigenvalue weighted by atomic mass is 9.88. The summed E-state index contributed by atoms with van der Waals surface area (Å²) in [5, 5.41) is 0. The standard InChI is InChI=1S/C17H26N2O2/c1-17(2,18)12-19-10-8-14(9-11-19)16(20)13-4-6-15(21-3)7-5-13/h4-7,14H,8-12,18H2,1-3H3. The second-order valence-corrected chi connectivity index (χ2v) is 6.63. The number of piperidine rings is 1. The quantitative estimate of drug-likeness (QED) is 0.846. The van der Waals surface area contributed by atoms with Crippen LogP contribution >= 0.6 is 0 Å². The van der Waals surface area contributed by atoms with Crippen LogP contribution in [-0.2, 0) is 0 Å². The maximum atomic E-state index is 12.5. The first kappa shape index (κ1) is 16.0. The molecule has 1 fully saturated rings. The second-order valence-electron chi connectivity index (χ2n) is 6.63. The van der Waals surface area contributed by atoms with E-state index in [4.69, 9.17) is 10.5 Å². The fourth-order valence-electron chi connectivity index (χ4n) is 2.92. The molecule has 0 aliphatic carbocycles. The molecule has 4 heteroatoms. The van der Waals surface area contributed by atoms with Gasteiger partial charge in [-0.25, -0.2) is 0 Å². The van der Waals surface area contributed by atoms with Gasteiger partial charge >= 0.3 is 0 Å². The Hall–Kier alpha value is -1.39. The smallest absolute Gasteiger partial charge is 0.166 e. The molecule has 1 aliphatic rings. The predicted molar refractivity (Wildman–Crippen MR) is 84.8 cm³/mol. The predicted octanol–water partition coefficient (Wildman–Crippen LogP) is 2.33. The summed E-state index contributed by atoms with van der Waals surface area (Å²) < 4.78 is 5.13. The van der Waals surface area contributed by atoms with Gasteiger partial charge < -0.3 is 15.4 Å². The molecule has 1 aromatic rings. The molecule has 0 radical (unpaired) electrons. The Morgan fingerprint density at radius 3 is 2.33 bits per heavy atom. The second kappa shape index (κ2) is 6.58. The normalized spacial score (nSPS) is 17.7. The molecule has 0 saturated carbocycles. The van der Waals surface area contributed by atoms with E-state index < -0.39 is 0 Å². The van der Waals surface area contributed by atoms with Gasteiger partial charge in [-0.2, -0.15) is 0 Å². The highest BCUT2D eigenvalue weighted by molar-refractivity contribution is 5.98. The maximum Gasteiger partial charge on any atom is 0.166 e. The molecule has 0 atom stereocenters. The Morgan fingerprint density at radius 1 is 1.29 bits per heavy atom. The zero-order chi connectivity index (χ0) is 15.5. The molecule has 1 aliphatic heterocycles. The lowest BCUT2D eigenvalue weighted by Crippen LogP contribution is -2.48. The van der Waals surface area contributed by atoms with Crippen molar-refractivity contribution in [3.8, 4) is 5.75 Å². The van der Waals surface area contributed by atoms with Crippen molar-refractivity contribution in [1.29, 1.82) is 0 Å². The number of carbonyl (C=O) groups excluding carboxylic acids is 1. The summed E-state index contributed by atoms with van der Waals surface area (Å²) in [5.74, 6) is 1.17. The molecule has 2 rings (SSSR count). The van der Waals surface area contributed by atoms with E-state index in [1.807, 2.05) is 38.1 Å². The lowest BCUT2D eigenvalue weighted by molar-refractivity contribution is 0.0825. The van der Waals surface area contributed by atoms with Crippen molar-refractivity contribution in [3.05, 3.63) is 29.8 Å². The van der Waals surface area contributed by atoms with Crippen LogP contribution in [0.5, 0.6) is 5.75 Å². The largest absolute Gasteiger partial charge is 0.497 e. The van der Waals surface area contributed by atoms with Crippen molar-refractivity contribution in [3.63, 3.8) is 0 Å². The highest BCUT2D eigenvalue weighted by Gasteiger charge is 2.27. The fourth-order valence-corrected chi connectivity index (χ4v) is 2.92. The van der Waals surface area contributed by atoms with Gasteiger partial charge in [0.15, 0.2) is 5.78 Å². The molecule has 4 nitrogen and oxygen atoms in total. The summed E-state index contributed by atoms with van der Waals surface area (Å²) in [7, 11) is 1.63. The van der Waals surface area contributed by atoms with Gasteiger partial charge in [-0.15, -0.1) is 0 Å². The Kier molecular flexibility index (Phi) is 5.01. The summed E-state index contributed by atoms with van der Waals surface area (Å²) in [5.41, 5.74) is 6.67. The SMILES string of the molecule is COc1ccc(C(=O)C2CCN(CC(C)(C)N)CC2)cc1. The van der Waals surface area contributed by atoms with E-state index in [2.05, 4.69) is 4.90 Å². The summed E-state index contributed by atoms with van der Waals surface area (Å²) in [6.07, 6.45) is 1.84. The highest BCUT2D eigenvalue weighted by Crippen LogP contribution is 2.23. The Bertz CT molecular complexity index is 469. The highest BCUT2D eigenvalue weighted by atomic mass is 16.5. The number of rotatable bonds is 5. The topological polar surface area (TPSA) is 55.6 Å². The molecule has 0 amide bonds. The number of Topliss-reactive ketones (excluding diaryl/α,β-unsaturated/α-hetero) is 1. The molecule has 0 unspecified atom stereocenters. The number of likely N-dealkylation sites (tertiary alicyclic amines) is 1. The molecule has 2 N–H and O–H groups in total. The summed E-state index contributed by atoms with van der Waals surface area (Å²) >= 11 is 0. The average Bonchev–Trinajstić information content (AvgIpc) is 2.46. The lowest BCUT2D eigenvalue weighted by Gasteiger charge is -2.35. The number of benzene rings is 1. The van der Waals surface area contributed by atoms with Crippen LogP contribution in [0.4, 0.5) is 0 Å². The van der Waals surface area contributed by atoms with Crippen molar-refractivity contribution in [2.24, 2.45) is 11.7 Å². The molecule has 0 spiro atoms. The number of nitrogens with two attached hydrogens (primary N) is 1. The molecule has 0 aromatic heterocycles. The molecule has 0 bridgehead atoms. The van der Waals surface area contributed by atoms with Crippen LogP contribution in [0, 0.1) is 5.92 Å². The minimum Gasteiger partial charge on any atom is -0.497 e. The van der Waals surface area contributed by atoms with E-state index in [9.17, 15) is 4.79 Å². The fraction of sp³-hybridized carbons (Fsp3) is 0.588. The van der Waals surface area contributed by atoms with Crippen molar-refractivity contribution < 1.29 is 9.53 Å². The van der Waals surface area contributed by atoms with E-state index in [1.54, 1.807) is 7.11 Å². The Labute approximate surface area is 127 Å². The van der Waals surface area contributed by atoms with Gasteiger partial charge in [-0.05, 0) is 64.0 Å². The monoisotopic (exact) mass is 290 g/mol. The first-order chi connectivity index (χ1) is 9.89. The zero-order valence-electron chi connectivity index (χ0n) is 13.3. The summed E-state index contributed by atoms with van der Waals surface area (Å²) in [6.45, 7) is 6.88. The van der Waals surface area contributed by atoms with Crippen LogP contribution in [0.3, 0.4) is 0 Å². The molecule has 1 aromatic carbocycles. The molecule has 1 heterocycles. The molecular weight excluding hydrogens is 264 g/mol. The van der Waals surface area contributed by atoms with E-state index >= 15 is 0 Å². The van der Waals surface area contributed by atoms with Gasteiger partial charge in [0.05, 0.1) is 7.11 Å². The number of ether oxygens (including phenoxy) is 1. The minimum absolute atomic E-state index is 0.135. The average molecular weight is 290 g/mol. The Balaban J connectivity index is 1.90. The first-order valence-electron chi connectivity index (χ1n) is 7.58. The molecular formula is C17H26N2O2. The van der Waals surface area contributed by atoms with Gasteiger partial charge in [0.2, 0.25) is 0 Å². The van der Waals surface area contributed by atoms with Crippen LogP contribution in [0.2, 0.25) is 0 Å². The van der Waals surface area contributed by atoms with Gasteiger partial charge in [-0.3, -0.25) is 4.79 Å². The first-order valence-corrected chi connectivity index (χ1v) is 7.58. The summed E-state index contributed by atoms with van der Waals surface area (Å²) in [4.78, 5) is 14.9. The van der Waals surface area contributed by atoms with E-state index in [-0.39, 0.29) is 17.2 Å². The van der Waals surface area contributed by atoms with Crippen molar-refractivity contribution in [2.45, 2.75) is 32.2 Å². The maximum absolute atomic E-state index is 12.5. The van der Waals surface area contributed by atoms with Crippen LogP contribution < -0.4 is 10.5 Å². The number of nitrogens with zero attached hydrogens (tertiary/aromatic N) is 1. The van der Waals surface area contributed by atoms with E-state index in [0.29, 0.717) is 0 Å². The van der Waals surface area contributed by atoms with Gasteiger partial charge in [0.1, 0.15) is 5.75 Å².